The summed E-state index contributed by atoms with van der Waals surface area (Å²) in [6.07, 6.45) is 3.66. The Morgan fingerprint density at radius 3 is 2.67 bits per heavy atom. The number of nitrogens with zero attached hydrogens (tertiary/aromatic N) is 1. The summed E-state index contributed by atoms with van der Waals surface area (Å²) in [6.45, 7) is 1.23. The van der Waals surface area contributed by atoms with Gasteiger partial charge in [0.25, 0.3) is 5.91 Å². The number of nitrogens with two attached hydrogens (primary N) is 1. The summed E-state index contributed by atoms with van der Waals surface area (Å²) >= 11 is 0. The highest BCUT2D eigenvalue weighted by atomic mass is 16.2. The Kier molecular flexibility index (Phi) is 5.33. The van der Waals surface area contributed by atoms with Gasteiger partial charge in [0.2, 0.25) is 5.91 Å². The van der Waals surface area contributed by atoms with Crippen molar-refractivity contribution in [3.8, 4) is 0 Å². The van der Waals surface area contributed by atoms with Crippen LogP contribution in [0, 0.1) is 5.92 Å². The number of benzene rings is 1. The molecule has 1 saturated carbocycles. The van der Waals surface area contributed by atoms with E-state index in [4.69, 9.17) is 5.73 Å². The molecule has 0 saturated heterocycles. The van der Waals surface area contributed by atoms with Gasteiger partial charge >= 0.3 is 0 Å². The molecule has 5 heteroatoms. The first-order chi connectivity index (χ1) is 10.1. The standard InChI is InChI=1S/C16H23N3O2/c1-19(16(21)12-8-9-12)14-7-3-2-6-13(14)15(20)18-11-5-4-10-17/h2-3,6-7,12H,4-5,8-11,17H2,1H3,(H,18,20). The fourth-order valence-corrected chi connectivity index (χ4v) is 2.25. The molecule has 1 aliphatic rings. The fourth-order valence-electron chi connectivity index (χ4n) is 2.25. The van der Waals surface area contributed by atoms with Gasteiger partial charge in [-0.15, -0.1) is 0 Å². The molecule has 0 heterocycles. The quantitative estimate of drug-likeness (QED) is 0.747. The molecule has 1 aromatic rings. The maximum Gasteiger partial charge on any atom is 0.253 e. The van der Waals surface area contributed by atoms with E-state index >= 15 is 0 Å². The smallest absolute Gasteiger partial charge is 0.253 e. The summed E-state index contributed by atoms with van der Waals surface area (Å²) in [5.74, 6) is 0.0899. The predicted molar refractivity (Wildman–Crippen MR) is 83.2 cm³/mol. The molecule has 5 nitrogen and oxygen atoms in total. The predicted octanol–water partition coefficient (Wildman–Crippen LogP) is 1.53. The van der Waals surface area contributed by atoms with Gasteiger partial charge < -0.3 is 16.0 Å². The number of nitrogens with one attached hydrogen (secondary N) is 1. The molecule has 0 aliphatic heterocycles. The Labute approximate surface area is 125 Å². The van der Waals surface area contributed by atoms with Gasteiger partial charge in [0.15, 0.2) is 0 Å². The van der Waals surface area contributed by atoms with Crippen LogP contribution in [0.1, 0.15) is 36.0 Å². The van der Waals surface area contributed by atoms with Crippen molar-refractivity contribution >= 4 is 17.5 Å². The van der Waals surface area contributed by atoms with E-state index in [0.29, 0.717) is 24.3 Å². The minimum absolute atomic E-state index is 0.0957. The van der Waals surface area contributed by atoms with Crippen LogP contribution < -0.4 is 16.0 Å². The number of hydrogen-bond acceptors (Lipinski definition) is 3. The summed E-state index contributed by atoms with van der Waals surface area (Å²) in [7, 11) is 1.74. The van der Waals surface area contributed by atoms with Crippen LogP contribution in [-0.2, 0) is 4.79 Å². The van der Waals surface area contributed by atoms with Gasteiger partial charge in [-0.05, 0) is 44.4 Å². The maximum atomic E-state index is 12.3. The normalized spacial score (nSPS) is 13.8. The highest BCUT2D eigenvalue weighted by Crippen LogP contribution is 2.33. The molecule has 1 fully saturated rings. The molecular formula is C16H23N3O2. The van der Waals surface area contributed by atoms with Crippen molar-refractivity contribution in [1.82, 2.24) is 5.32 Å². The summed E-state index contributed by atoms with van der Waals surface area (Å²) < 4.78 is 0. The van der Waals surface area contributed by atoms with Gasteiger partial charge in [0, 0.05) is 19.5 Å². The molecule has 0 atom stereocenters. The van der Waals surface area contributed by atoms with E-state index in [1.54, 1.807) is 18.0 Å². The summed E-state index contributed by atoms with van der Waals surface area (Å²) in [5, 5.41) is 2.88. The van der Waals surface area contributed by atoms with Crippen LogP contribution in [0.4, 0.5) is 5.69 Å². The second-order valence-electron chi connectivity index (χ2n) is 5.44. The summed E-state index contributed by atoms with van der Waals surface area (Å²) in [6, 6.07) is 7.23. The van der Waals surface area contributed by atoms with Crippen molar-refractivity contribution in [1.29, 1.82) is 0 Å². The number of carbonyl (C=O) groups is 2. The van der Waals surface area contributed by atoms with E-state index < -0.39 is 0 Å². The number of amides is 2. The molecule has 0 radical (unpaired) electrons. The number of anilines is 1. The molecular weight excluding hydrogens is 266 g/mol. The lowest BCUT2D eigenvalue weighted by Gasteiger charge is -2.20. The van der Waals surface area contributed by atoms with Crippen LogP contribution >= 0.6 is 0 Å². The van der Waals surface area contributed by atoms with Crippen molar-refractivity contribution in [3.63, 3.8) is 0 Å². The highest BCUT2D eigenvalue weighted by Gasteiger charge is 2.33. The van der Waals surface area contributed by atoms with Crippen LogP contribution in [-0.4, -0.2) is 32.0 Å². The Balaban J connectivity index is 2.05. The largest absolute Gasteiger partial charge is 0.352 e. The first-order valence-corrected chi connectivity index (χ1v) is 7.50. The average Bonchev–Trinajstić information content (AvgIpc) is 3.34. The van der Waals surface area contributed by atoms with Crippen LogP contribution in [0.2, 0.25) is 0 Å². The minimum Gasteiger partial charge on any atom is -0.352 e. The second-order valence-corrected chi connectivity index (χ2v) is 5.44. The number of para-hydroxylation sites is 1. The van der Waals surface area contributed by atoms with E-state index in [-0.39, 0.29) is 17.7 Å². The van der Waals surface area contributed by atoms with Gasteiger partial charge in [-0.2, -0.15) is 0 Å². The van der Waals surface area contributed by atoms with Gasteiger partial charge in [0.05, 0.1) is 11.3 Å². The lowest BCUT2D eigenvalue weighted by Crippen LogP contribution is -2.32. The SMILES string of the molecule is CN(C(=O)C1CC1)c1ccccc1C(=O)NCCCCN. The van der Waals surface area contributed by atoms with Crippen molar-refractivity contribution in [2.24, 2.45) is 11.7 Å². The third kappa shape index (κ3) is 4.04. The maximum absolute atomic E-state index is 12.3. The average molecular weight is 289 g/mol. The lowest BCUT2D eigenvalue weighted by atomic mass is 10.1. The molecule has 0 bridgehead atoms. The minimum atomic E-state index is -0.141. The van der Waals surface area contributed by atoms with E-state index in [0.717, 1.165) is 25.7 Å². The van der Waals surface area contributed by atoms with E-state index in [2.05, 4.69) is 5.32 Å². The summed E-state index contributed by atoms with van der Waals surface area (Å²) in [4.78, 5) is 26.0. The van der Waals surface area contributed by atoms with Gasteiger partial charge in [-0.25, -0.2) is 0 Å². The zero-order valence-corrected chi connectivity index (χ0v) is 12.5. The Hall–Kier alpha value is -1.88. The molecule has 0 spiro atoms. The zero-order valence-electron chi connectivity index (χ0n) is 12.5. The molecule has 1 aliphatic carbocycles. The molecule has 0 aromatic heterocycles. The number of unbranched alkanes of at least 4 members (excludes halogenated alkanes) is 1. The number of carbonyl (C=O) groups excluding carboxylic acids is 2. The molecule has 2 rings (SSSR count). The van der Waals surface area contributed by atoms with E-state index in [1.807, 2.05) is 18.2 Å². The molecule has 0 unspecified atom stereocenters. The Morgan fingerprint density at radius 1 is 1.29 bits per heavy atom. The molecule has 1 aromatic carbocycles. The third-order valence-electron chi connectivity index (χ3n) is 3.68. The lowest BCUT2D eigenvalue weighted by molar-refractivity contribution is -0.119. The topological polar surface area (TPSA) is 75.4 Å². The molecule has 21 heavy (non-hydrogen) atoms. The Morgan fingerprint density at radius 2 is 2.00 bits per heavy atom. The molecule has 3 N–H and O–H groups in total. The van der Waals surface area contributed by atoms with E-state index in [9.17, 15) is 9.59 Å². The molecule has 2 amide bonds. The zero-order chi connectivity index (χ0) is 15.2. The number of hydrogen-bond donors (Lipinski definition) is 2. The van der Waals surface area contributed by atoms with Crippen LogP contribution in [0.5, 0.6) is 0 Å². The van der Waals surface area contributed by atoms with Crippen LogP contribution in [0.25, 0.3) is 0 Å². The number of rotatable bonds is 7. The van der Waals surface area contributed by atoms with E-state index in [1.165, 1.54) is 0 Å². The van der Waals surface area contributed by atoms with Crippen molar-refractivity contribution < 1.29 is 9.59 Å². The highest BCUT2D eigenvalue weighted by molar-refractivity contribution is 6.05. The van der Waals surface area contributed by atoms with Crippen LogP contribution in [0.3, 0.4) is 0 Å². The second kappa shape index (κ2) is 7.22. The monoisotopic (exact) mass is 289 g/mol. The van der Waals surface area contributed by atoms with Crippen molar-refractivity contribution in [3.05, 3.63) is 29.8 Å². The van der Waals surface area contributed by atoms with Crippen molar-refractivity contribution in [2.75, 3.05) is 25.0 Å². The first-order valence-electron chi connectivity index (χ1n) is 7.50. The first kappa shape index (κ1) is 15.5. The Bertz CT molecular complexity index is 512. The van der Waals surface area contributed by atoms with Crippen molar-refractivity contribution in [2.45, 2.75) is 25.7 Å². The molecule has 114 valence electrons. The third-order valence-corrected chi connectivity index (χ3v) is 3.68. The van der Waals surface area contributed by atoms with Gasteiger partial charge in [-0.3, -0.25) is 9.59 Å². The van der Waals surface area contributed by atoms with Gasteiger partial charge in [0.1, 0.15) is 0 Å². The fraction of sp³-hybridized carbons (Fsp3) is 0.500. The van der Waals surface area contributed by atoms with Gasteiger partial charge in [-0.1, -0.05) is 12.1 Å². The summed E-state index contributed by atoms with van der Waals surface area (Å²) in [5.41, 5.74) is 6.65. The van der Waals surface area contributed by atoms with Crippen LogP contribution in [0.15, 0.2) is 24.3 Å².